The van der Waals surface area contributed by atoms with Gasteiger partial charge in [0.2, 0.25) is 0 Å². The Hall–Kier alpha value is -1.64. The average molecular weight is 323 g/mol. The van der Waals surface area contributed by atoms with Gasteiger partial charge >= 0.3 is 0 Å². The Morgan fingerprint density at radius 2 is 1.54 bits per heavy atom. The van der Waals surface area contributed by atoms with E-state index in [-0.39, 0.29) is 0 Å². The number of hydrogen-bond donors (Lipinski definition) is 1. The summed E-state index contributed by atoms with van der Waals surface area (Å²) >= 11 is 0. The summed E-state index contributed by atoms with van der Waals surface area (Å²) in [6, 6.07) is 22.2. The highest BCUT2D eigenvalue weighted by Crippen LogP contribution is 2.30. The molecule has 128 valence electrons. The molecule has 2 aromatic rings. The number of benzene rings is 2. The first kappa shape index (κ1) is 17.2. The maximum atomic E-state index is 9.38. The summed E-state index contributed by atoms with van der Waals surface area (Å²) in [5, 5.41) is 9.38. The molecule has 2 nitrogen and oxygen atoms in total. The summed E-state index contributed by atoms with van der Waals surface area (Å²) in [5.74, 6) is 0.502. The van der Waals surface area contributed by atoms with Gasteiger partial charge in [-0.2, -0.15) is 0 Å². The molecule has 0 spiro atoms. The zero-order valence-corrected chi connectivity index (χ0v) is 14.5. The van der Waals surface area contributed by atoms with Crippen LogP contribution in [0.25, 0.3) is 0 Å². The highest BCUT2D eigenvalue weighted by molar-refractivity contribution is 5.20. The van der Waals surface area contributed by atoms with Crippen LogP contribution in [-0.4, -0.2) is 29.7 Å². The number of nitrogens with zero attached hydrogens (tertiary/aromatic N) is 1. The summed E-state index contributed by atoms with van der Waals surface area (Å²) in [5.41, 5.74) is 2.87. The molecule has 1 saturated heterocycles. The van der Waals surface area contributed by atoms with Crippen molar-refractivity contribution in [2.24, 2.45) is 5.92 Å². The predicted molar refractivity (Wildman–Crippen MR) is 99.9 cm³/mol. The molecule has 1 heterocycles. The average Bonchev–Trinajstić information content (AvgIpc) is 2.67. The van der Waals surface area contributed by atoms with Gasteiger partial charge in [0.25, 0.3) is 0 Å². The minimum atomic E-state index is 0.345. The van der Waals surface area contributed by atoms with E-state index in [1.54, 1.807) is 0 Å². The van der Waals surface area contributed by atoms with Gasteiger partial charge in [-0.3, -0.25) is 4.90 Å². The molecule has 0 aliphatic carbocycles. The topological polar surface area (TPSA) is 23.5 Å². The minimum Gasteiger partial charge on any atom is -0.396 e. The van der Waals surface area contributed by atoms with E-state index in [0.29, 0.717) is 18.6 Å². The first-order valence-electron chi connectivity index (χ1n) is 9.30. The summed E-state index contributed by atoms with van der Waals surface area (Å²) in [6.45, 7) is 2.56. The Bertz CT molecular complexity index is 575. The molecule has 1 unspecified atom stereocenters. The van der Waals surface area contributed by atoms with Crippen molar-refractivity contribution in [2.45, 2.75) is 38.1 Å². The van der Waals surface area contributed by atoms with Crippen LogP contribution in [-0.2, 0) is 6.42 Å². The maximum absolute atomic E-state index is 9.38. The maximum Gasteiger partial charge on any atom is 0.0460 e. The normalized spacial score (nSPS) is 17.7. The Morgan fingerprint density at radius 3 is 2.17 bits per heavy atom. The highest BCUT2D eigenvalue weighted by Gasteiger charge is 2.25. The predicted octanol–water partition coefficient (Wildman–Crippen LogP) is 4.45. The third kappa shape index (κ3) is 4.68. The van der Waals surface area contributed by atoms with Crippen LogP contribution in [0, 0.1) is 5.92 Å². The molecule has 0 saturated carbocycles. The molecule has 0 aromatic heterocycles. The number of aliphatic hydroxyl groups excluding tert-OH is 1. The molecule has 3 rings (SSSR count). The lowest BCUT2D eigenvalue weighted by Crippen LogP contribution is -2.37. The van der Waals surface area contributed by atoms with Crippen molar-refractivity contribution in [1.82, 2.24) is 4.90 Å². The van der Waals surface area contributed by atoms with Crippen LogP contribution in [0.15, 0.2) is 60.7 Å². The second-order valence-electron chi connectivity index (χ2n) is 6.97. The second kappa shape index (κ2) is 9.00. The van der Waals surface area contributed by atoms with E-state index in [4.69, 9.17) is 0 Å². The molecule has 1 aliphatic heterocycles. The molecule has 1 fully saturated rings. The summed E-state index contributed by atoms with van der Waals surface area (Å²) in [4.78, 5) is 2.63. The van der Waals surface area contributed by atoms with E-state index in [1.807, 2.05) is 0 Å². The van der Waals surface area contributed by atoms with Gasteiger partial charge < -0.3 is 5.11 Å². The smallest absolute Gasteiger partial charge is 0.0460 e. The number of likely N-dealkylation sites (tertiary alicyclic amines) is 1. The molecule has 2 aromatic carbocycles. The van der Waals surface area contributed by atoms with Crippen LogP contribution in [0.3, 0.4) is 0 Å². The van der Waals surface area contributed by atoms with Crippen LogP contribution < -0.4 is 0 Å². The number of hydrogen-bond acceptors (Lipinski definition) is 2. The van der Waals surface area contributed by atoms with Gasteiger partial charge in [-0.05, 0) is 62.2 Å². The Balaban J connectivity index is 1.62. The quantitative estimate of drug-likeness (QED) is 0.813. The standard InChI is InChI=1S/C22H29NO/c24-18-20-14-16-23(17-15-20)22(21-11-5-2-6-12-21)13-7-10-19-8-3-1-4-9-19/h1-6,8-9,11-12,20,22,24H,7,10,13-18H2. The van der Waals surface area contributed by atoms with Crippen LogP contribution in [0.2, 0.25) is 0 Å². The summed E-state index contributed by atoms with van der Waals surface area (Å²) < 4.78 is 0. The molecule has 0 amide bonds. The lowest BCUT2D eigenvalue weighted by Gasteiger charge is -2.37. The SMILES string of the molecule is OCC1CCN(C(CCCc2ccccc2)c2ccccc2)CC1. The van der Waals surface area contributed by atoms with Gasteiger partial charge in [-0.25, -0.2) is 0 Å². The number of piperidine rings is 1. The van der Waals surface area contributed by atoms with Crippen molar-refractivity contribution in [3.05, 3.63) is 71.8 Å². The van der Waals surface area contributed by atoms with Crippen molar-refractivity contribution in [2.75, 3.05) is 19.7 Å². The summed E-state index contributed by atoms with van der Waals surface area (Å²) in [6.07, 6.45) is 5.81. The van der Waals surface area contributed by atoms with E-state index in [1.165, 1.54) is 24.0 Å². The van der Waals surface area contributed by atoms with Gasteiger partial charge in [-0.1, -0.05) is 60.7 Å². The fourth-order valence-electron chi connectivity index (χ4n) is 3.83. The first-order chi connectivity index (χ1) is 11.9. The van der Waals surface area contributed by atoms with Crippen LogP contribution in [0.4, 0.5) is 0 Å². The van der Waals surface area contributed by atoms with Crippen molar-refractivity contribution in [3.8, 4) is 0 Å². The van der Waals surface area contributed by atoms with Gasteiger partial charge in [0.15, 0.2) is 0 Å². The fourth-order valence-corrected chi connectivity index (χ4v) is 3.83. The molecular weight excluding hydrogens is 294 g/mol. The van der Waals surface area contributed by atoms with Crippen molar-refractivity contribution in [1.29, 1.82) is 0 Å². The van der Waals surface area contributed by atoms with Gasteiger partial charge in [0.05, 0.1) is 0 Å². The van der Waals surface area contributed by atoms with Gasteiger partial charge in [-0.15, -0.1) is 0 Å². The second-order valence-corrected chi connectivity index (χ2v) is 6.97. The van der Waals surface area contributed by atoms with Crippen molar-refractivity contribution < 1.29 is 5.11 Å². The Kier molecular flexibility index (Phi) is 6.45. The zero-order valence-electron chi connectivity index (χ0n) is 14.5. The molecule has 0 radical (unpaired) electrons. The first-order valence-corrected chi connectivity index (χ1v) is 9.30. The molecule has 0 bridgehead atoms. The van der Waals surface area contributed by atoms with E-state index in [0.717, 1.165) is 32.4 Å². The number of rotatable bonds is 7. The Morgan fingerprint density at radius 1 is 0.917 bits per heavy atom. The molecule has 24 heavy (non-hydrogen) atoms. The fraction of sp³-hybridized carbons (Fsp3) is 0.455. The summed E-state index contributed by atoms with van der Waals surface area (Å²) in [7, 11) is 0. The molecular formula is C22H29NO. The largest absolute Gasteiger partial charge is 0.396 e. The minimum absolute atomic E-state index is 0.345. The van der Waals surface area contributed by atoms with Crippen LogP contribution in [0.5, 0.6) is 0 Å². The lowest BCUT2D eigenvalue weighted by molar-refractivity contribution is 0.0954. The molecule has 2 heteroatoms. The van der Waals surface area contributed by atoms with Gasteiger partial charge in [0, 0.05) is 12.6 Å². The van der Waals surface area contributed by atoms with E-state index in [9.17, 15) is 5.11 Å². The highest BCUT2D eigenvalue weighted by atomic mass is 16.3. The van der Waals surface area contributed by atoms with Crippen molar-refractivity contribution >= 4 is 0 Å². The monoisotopic (exact) mass is 323 g/mol. The van der Waals surface area contributed by atoms with Crippen LogP contribution >= 0.6 is 0 Å². The number of aryl methyl sites for hydroxylation is 1. The number of aliphatic hydroxyl groups is 1. The van der Waals surface area contributed by atoms with E-state index < -0.39 is 0 Å². The third-order valence-corrected chi connectivity index (χ3v) is 5.32. The third-order valence-electron chi connectivity index (χ3n) is 5.32. The molecule has 1 aliphatic rings. The molecule has 1 N–H and O–H groups in total. The lowest BCUT2D eigenvalue weighted by atomic mass is 9.92. The van der Waals surface area contributed by atoms with Gasteiger partial charge in [0.1, 0.15) is 0 Å². The van der Waals surface area contributed by atoms with E-state index >= 15 is 0 Å². The van der Waals surface area contributed by atoms with E-state index in [2.05, 4.69) is 65.6 Å². The van der Waals surface area contributed by atoms with Crippen LogP contribution in [0.1, 0.15) is 42.9 Å². The zero-order chi connectivity index (χ0) is 16.6. The molecule has 1 atom stereocenters. The van der Waals surface area contributed by atoms with Crippen molar-refractivity contribution in [3.63, 3.8) is 0 Å². The Labute approximate surface area is 146 Å².